The molecule has 0 aliphatic heterocycles. The normalized spacial score (nSPS) is 11.9. The summed E-state index contributed by atoms with van der Waals surface area (Å²) in [6.45, 7) is -3.23. The Balaban J connectivity index is 2.10. The van der Waals surface area contributed by atoms with E-state index in [2.05, 4.69) is 20.1 Å². The topological polar surface area (TPSA) is 42.5 Å². The molecule has 0 atom stereocenters. The molecule has 2 aromatic rings. The largest absolute Gasteiger partial charge is 0.487 e. The summed E-state index contributed by atoms with van der Waals surface area (Å²) in [5.74, 6) is -5.78. The minimum atomic E-state index is -4.68. The van der Waals surface area contributed by atoms with Gasteiger partial charge < -0.3 is 20.1 Å². The molecular formula is C19H16F8N2O2S. The van der Waals surface area contributed by atoms with Crippen LogP contribution in [-0.2, 0) is 6.54 Å². The third-order valence-corrected chi connectivity index (χ3v) is 3.90. The van der Waals surface area contributed by atoms with Gasteiger partial charge in [0.05, 0.1) is 0 Å². The van der Waals surface area contributed by atoms with Crippen LogP contribution in [0.1, 0.15) is 5.56 Å². The Labute approximate surface area is 182 Å². The van der Waals surface area contributed by atoms with E-state index in [9.17, 15) is 35.1 Å². The molecule has 0 saturated carbocycles. The van der Waals surface area contributed by atoms with E-state index in [1.54, 1.807) is 0 Å². The fraction of sp³-hybridized carbons (Fsp3) is 0.316. The third kappa shape index (κ3) is 8.73. The summed E-state index contributed by atoms with van der Waals surface area (Å²) in [5.41, 5.74) is 0.646. The minimum Gasteiger partial charge on any atom is -0.487 e. The minimum absolute atomic E-state index is 0.0170. The quantitative estimate of drug-likeness (QED) is 0.359. The van der Waals surface area contributed by atoms with Crippen LogP contribution in [0.2, 0.25) is 0 Å². The van der Waals surface area contributed by atoms with E-state index in [4.69, 9.17) is 12.2 Å². The number of rotatable bonds is 9. The highest BCUT2D eigenvalue weighted by Gasteiger charge is 2.41. The van der Waals surface area contributed by atoms with Gasteiger partial charge in [0, 0.05) is 30.4 Å². The highest BCUT2D eigenvalue weighted by Crippen LogP contribution is 2.30. The van der Waals surface area contributed by atoms with Crippen LogP contribution in [0.15, 0.2) is 42.5 Å². The van der Waals surface area contributed by atoms with E-state index in [1.165, 1.54) is 24.3 Å². The maximum Gasteiger partial charge on any atom is 0.422 e. The molecule has 176 valence electrons. The van der Waals surface area contributed by atoms with Crippen LogP contribution in [-0.4, -0.2) is 36.9 Å². The van der Waals surface area contributed by atoms with Crippen molar-refractivity contribution < 1.29 is 44.6 Å². The summed E-state index contributed by atoms with van der Waals surface area (Å²) >= 11 is 5.05. The molecule has 0 fully saturated rings. The van der Waals surface area contributed by atoms with Gasteiger partial charge in [0.25, 0.3) is 0 Å². The molecule has 0 aromatic heterocycles. The van der Waals surface area contributed by atoms with Crippen LogP contribution < -0.4 is 20.1 Å². The van der Waals surface area contributed by atoms with Gasteiger partial charge in [-0.05, 0) is 29.9 Å². The molecule has 0 saturated heterocycles. The number of halogens is 8. The Morgan fingerprint density at radius 3 is 2.00 bits per heavy atom. The summed E-state index contributed by atoms with van der Waals surface area (Å²) in [7, 11) is 0. The molecule has 0 aliphatic rings. The molecule has 0 bridgehead atoms. The molecule has 0 amide bonds. The molecule has 0 aliphatic carbocycles. The van der Waals surface area contributed by atoms with E-state index in [0.29, 0.717) is 5.56 Å². The molecule has 0 spiro atoms. The van der Waals surface area contributed by atoms with Gasteiger partial charge in [-0.25, -0.2) is 13.2 Å². The van der Waals surface area contributed by atoms with Crippen molar-refractivity contribution in [1.82, 2.24) is 5.32 Å². The molecule has 2 aromatic carbocycles. The van der Waals surface area contributed by atoms with Crippen LogP contribution in [0.5, 0.6) is 11.5 Å². The van der Waals surface area contributed by atoms with Gasteiger partial charge >= 0.3 is 18.5 Å². The molecule has 13 heteroatoms. The smallest absolute Gasteiger partial charge is 0.422 e. The van der Waals surface area contributed by atoms with Crippen molar-refractivity contribution in [3.8, 4) is 11.5 Å². The average Bonchev–Trinajstić information content (AvgIpc) is 2.70. The van der Waals surface area contributed by atoms with Gasteiger partial charge in [-0.2, -0.15) is 22.0 Å². The highest BCUT2D eigenvalue weighted by molar-refractivity contribution is 7.80. The first-order valence-corrected chi connectivity index (χ1v) is 9.17. The molecular weight excluding hydrogens is 472 g/mol. The van der Waals surface area contributed by atoms with E-state index in [1.807, 2.05) is 0 Å². The number of thiocarbonyl (C=S) groups is 1. The highest BCUT2D eigenvalue weighted by atomic mass is 32.1. The predicted molar refractivity (Wildman–Crippen MR) is 104 cm³/mol. The first-order valence-electron chi connectivity index (χ1n) is 8.77. The predicted octanol–water partition coefficient (Wildman–Crippen LogP) is 5.53. The number of benzene rings is 2. The summed E-state index contributed by atoms with van der Waals surface area (Å²) in [6.07, 6.45) is -8.67. The van der Waals surface area contributed by atoms with Crippen LogP contribution in [0.3, 0.4) is 0 Å². The monoisotopic (exact) mass is 488 g/mol. The van der Waals surface area contributed by atoms with Crippen molar-refractivity contribution in [3.05, 3.63) is 53.8 Å². The second kappa shape index (κ2) is 10.7. The summed E-state index contributed by atoms with van der Waals surface area (Å²) in [4.78, 5) is 0. The van der Waals surface area contributed by atoms with Gasteiger partial charge in [-0.15, -0.1) is 0 Å². The summed E-state index contributed by atoms with van der Waals surface area (Å²) in [5, 5.41) is 5.32. The fourth-order valence-electron chi connectivity index (χ4n) is 2.18. The zero-order valence-corrected chi connectivity index (χ0v) is 16.8. The molecule has 4 nitrogen and oxygen atoms in total. The molecule has 0 unspecified atom stereocenters. The van der Waals surface area contributed by atoms with Crippen molar-refractivity contribution in [3.63, 3.8) is 0 Å². The lowest BCUT2D eigenvalue weighted by atomic mass is 10.2. The zero-order valence-electron chi connectivity index (χ0n) is 16.0. The van der Waals surface area contributed by atoms with Crippen LogP contribution >= 0.6 is 12.2 Å². The SMILES string of the molecule is Fc1ccc(CNC(=S)Nc2cc(OCC(F)(F)F)cc(OCC(F)(F)C(F)F)c2)cc1. The average molecular weight is 488 g/mol. The van der Waals surface area contributed by atoms with Crippen molar-refractivity contribution in [1.29, 1.82) is 0 Å². The zero-order chi connectivity index (χ0) is 23.9. The van der Waals surface area contributed by atoms with E-state index in [-0.39, 0.29) is 17.3 Å². The van der Waals surface area contributed by atoms with Gasteiger partial charge in [0.2, 0.25) is 0 Å². The van der Waals surface area contributed by atoms with E-state index in [0.717, 1.165) is 18.2 Å². The summed E-state index contributed by atoms with van der Waals surface area (Å²) < 4.78 is 110. The standard InChI is InChI=1S/C19H16F8N2O2S/c20-12-3-1-11(2-4-12)8-28-17(32)29-13-5-14(30-9-18(23,24)16(21)22)7-15(6-13)31-10-19(25,26)27/h1-7,16H,8-10H2,(H2,28,29,32). The third-order valence-electron chi connectivity index (χ3n) is 3.66. The maximum atomic E-state index is 13.1. The number of hydrogen-bond acceptors (Lipinski definition) is 3. The molecule has 0 radical (unpaired) electrons. The number of anilines is 1. The number of ether oxygens (including phenoxy) is 2. The molecule has 0 heterocycles. The summed E-state index contributed by atoms with van der Waals surface area (Å²) in [6, 6.07) is 8.43. The second-order valence-corrected chi connectivity index (χ2v) is 6.79. The lowest BCUT2D eigenvalue weighted by molar-refractivity contribution is -0.153. The second-order valence-electron chi connectivity index (χ2n) is 6.38. The number of nitrogens with one attached hydrogen (secondary N) is 2. The lowest BCUT2D eigenvalue weighted by Gasteiger charge is -2.18. The van der Waals surface area contributed by atoms with Crippen molar-refractivity contribution >= 4 is 23.0 Å². The van der Waals surface area contributed by atoms with E-state index < -0.39 is 49.1 Å². The van der Waals surface area contributed by atoms with Gasteiger partial charge in [0.1, 0.15) is 17.3 Å². The fourth-order valence-corrected chi connectivity index (χ4v) is 2.37. The first-order chi connectivity index (χ1) is 14.8. The maximum absolute atomic E-state index is 13.1. The van der Waals surface area contributed by atoms with E-state index >= 15 is 0 Å². The Morgan fingerprint density at radius 1 is 0.906 bits per heavy atom. The van der Waals surface area contributed by atoms with Gasteiger partial charge in [0.15, 0.2) is 18.3 Å². The number of hydrogen-bond donors (Lipinski definition) is 2. The Hall–Kier alpha value is -2.83. The van der Waals surface area contributed by atoms with Crippen LogP contribution in [0.4, 0.5) is 40.8 Å². The lowest BCUT2D eigenvalue weighted by Crippen LogP contribution is -2.33. The Kier molecular flexibility index (Phi) is 8.47. The van der Waals surface area contributed by atoms with Crippen molar-refractivity contribution in [2.24, 2.45) is 0 Å². The molecule has 2 N–H and O–H groups in total. The van der Waals surface area contributed by atoms with Gasteiger partial charge in [-0.3, -0.25) is 0 Å². The number of alkyl halides is 7. The molecule has 2 rings (SSSR count). The first kappa shape index (κ1) is 25.4. The van der Waals surface area contributed by atoms with Crippen LogP contribution in [0, 0.1) is 5.82 Å². The van der Waals surface area contributed by atoms with Crippen LogP contribution in [0.25, 0.3) is 0 Å². The van der Waals surface area contributed by atoms with Crippen molar-refractivity contribution in [2.45, 2.75) is 25.1 Å². The Bertz CT molecular complexity index is 907. The van der Waals surface area contributed by atoms with Gasteiger partial charge in [-0.1, -0.05) is 12.1 Å². The molecule has 32 heavy (non-hydrogen) atoms. The Morgan fingerprint density at radius 2 is 1.47 bits per heavy atom. The van der Waals surface area contributed by atoms with Crippen molar-refractivity contribution in [2.75, 3.05) is 18.5 Å².